The second-order valence-electron chi connectivity index (χ2n) is 4.95. The summed E-state index contributed by atoms with van der Waals surface area (Å²) in [4.78, 5) is 39.2. The predicted octanol–water partition coefficient (Wildman–Crippen LogP) is 1.65. The van der Waals surface area contributed by atoms with Crippen molar-refractivity contribution < 1.29 is 19.1 Å². The zero-order valence-electron chi connectivity index (χ0n) is 13.1. The molecular weight excluding hydrogens is 310 g/mol. The third-order valence-electron chi connectivity index (χ3n) is 3.08. The normalized spacial score (nSPS) is 11.2. The van der Waals surface area contributed by atoms with Crippen LogP contribution in [0.15, 0.2) is 54.9 Å². The molecule has 7 heteroatoms. The maximum atomic E-state index is 11.9. The second kappa shape index (κ2) is 8.42. The molecule has 0 fully saturated rings. The van der Waals surface area contributed by atoms with Gasteiger partial charge in [0.25, 0.3) is 5.91 Å². The van der Waals surface area contributed by atoms with Gasteiger partial charge in [0.15, 0.2) is 6.10 Å². The van der Waals surface area contributed by atoms with Crippen molar-refractivity contribution in [1.82, 2.24) is 15.6 Å². The Hall–Kier alpha value is -3.22. The van der Waals surface area contributed by atoms with Crippen molar-refractivity contribution in [1.29, 1.82) is 0 Å². The van der Waals surface area contributed by atoms with Gasteiger partial charge in [-0.1, -0.05) is 30.3 Å². The van der Waals surface area contributed by atoms with E-state index < -0.39 is 24.0 Å². The Bertz CT molecular complexity index is 704. The van der Waals surface area contributed by atoms with Crippen LogP contribution in [0.3, 0.4) is 0 Å². The van der Waals surface area contributed by atoms with Gasteiger partial charge < -0.3 is 10.1 Å². The quantitative estimate of drug-likeness (QED) is 0.814. The predicted molar refractivity (Wildman–Crippen MR) is 85.9 cm³/mol. The Morgan fingerprint density at radius 1 is 1.12 bits per heavy atom. The summed E-state index contributed by atoms with van der Waals surface area (Å²) in [6.07, 6.45) is 1.74. The van der Waals surface area contributed by atoms with Crippen molar-refractivity contribution in [2.45, 2.75) is 19.6 Å². The summed E-state index contributed by atoms with van der Waals surface area (Å²) in [5, 5.41) is 4.67. The Kier molecular flexibility index (Phi) is 6.01. The zero-order chi connectivity index (χ0) is 17.4. The van der Waals surface area contributed by atoms with Crippen LogP contribution >= 0.6 is 0 Å². The number of carbonyl (C=O) groups excluding carboxylic acids is 3. The number of aromatic nitrogens is 1. The van der Waals surface area contributed by atoms with Gasteiger partial charge in [-0.15, -0.1) is 0 Å². The number of ether oxygens (including phenoxy) is 1. The first kappa shape index (κ1) is 17.1. The lowest BCUT2D eigenvalue weighted by molar-refractivity contribution is -0.127. The number of hydrogen-bond acceptors (Lipinski definition) is 5. The molecule has 2 aromatic rings. The molecule has 2 N–H and O–H groups in total. The van der Waals surface area contributed by atoms with E-state index in [1.54, 1.807) is 6.07 Å². The van der Waals surface area contributed by atoms with Gasteiger partial charge in [-0.05, 0) is 24.6 Å². The minimum absolute atomic E-state index is 0.227. The first-order chi connectivity index (χ1) is 11.6. The zero-order valence-corrected chi connectivity index (χ0v) is 13.1. The minimum Gasteiger partial charge on any atom is -0.449 e. The molecule has 24 heavy (non-hydrogen) atoms. The van der Waals surface area contributed by atoms with Crippen LogP contribution < -0.4 is 10.6 Å². The van der Waals surface area contributed by atoms with Crippen LogP contribution in [0.25, 0.3) is 0 Å². The SMILES string of the molecule is CC(OC(=O)c1cccnc1)C(=O)NC(=O)NCc1ccccc1. The second-order valence-corrected chi connectivity index (χ2v) is 4.95. The smallest absolute Gasteiger partial charge is 0.340 e. The highest BCUT2D eigenvalue weighted by Gasteiger charge is 2.20. The molecule has 124 valence electrons. The highest BCUT2D eigenvalue weighted by Crippen LogP contribution is 2.02. The number of imide groups is 1. The third kappa shape index (κ3) is 5.20. The summed E-state index contributed by atoms with van der Waals surface area (Å²) in [5.41, 5.74) is 1.13. The summed E-state index contributed by atoms with van der Waals surface area (Å²) in [7, 11) is 0. The standard InChI is InChI=1S/C17H17N3O4/c1-12(24-16(22)14-8-5-9-18-11-14)15(21)20-17(23)19-10-13-6-3-2-4-7-13/h2-9,11-12H,10H2,1H3,(H2,19,20,21,23). The van der Waals surface area contributed by atoms with Gasteiger partial charge in [0.05, 0.1) is 5.56 Å². The van der Waals surface area contributed by atoms with Crippen LogP contribution in [0.1, 0.15) is 22.8 Å². The van der Waals surface area contributed by atoms with Gasteiger partial charge in [0.1, 0.15) is 0 Å². The number of rotatable bonds is 5. The van der Waals surface area contributed by atoms with Crippen LogP contribution in [0.5, 0.6) is 0 Å². The summed E-state index contributed by atoms with van der Waals surface area (Å²) in [6, 6.07) is 11.7. The van der Waals surface area contributed by atoms with Crippen molar-refractivity contribution in [3.63, 3.8) is 0 Å². The maximum Gasteiger partial charge on any atom is 0.340 e. The largest absolute Gasteiger partial charge is 0.449 e. The van der Waals surface area contributed by atoms with Gasteiger partial charge in [-0.2, -0.15) is 0 Å². The Labute approximate surface area is 139 Å². The molecular formula is C17H17N3O4. The number of nitrogens with zero attached hydrogens (tertiary/aromatic N) is 1. The number of urea groups is 1. The molecule has 0 aliphatic carbocycles. The average Bonchev–Trinajstić information content (AvgIpc) is 2.61. The van der Waals surface area contributed by atoms with E-state index >= 15 is 0 Å². The summed E-state index contributed by atoms with van der Waals surface area (Å²) in [5.74, 6) is -1.40. The lowest BCUT2D eigenvalue weighted by Gasteiger charge is -2.13. The van der Waals surface area contributed by atoms with Gasteiger partial charge in [0.2, 0.25) is 0 Å². The maximum absolute atomic E-state index is 11.9. The van der Waals surface area contributed by atoms with Crippen molar-refractivity contribution in [2.75, 3.05) is 0 Å². The number of nitrogens with one attached hydrogen (secondary N) is 2. The first-order valence-electron chi connectivity index (χ1n) is 7.30. The summed E-state index contributed by atoms with van der Waals surface area (Å²) < 4.78 is 4.99. The first-order valence-corrected chi connectivity index (χ1v) is 7.30. The summed E-state index contributed by atoms with van der Waals surface area (Å²) in [6.45, 7) is 1.66. The number of carbonyl (C=O) groups is 3. The molecule has 1 heterocycles. The van der Waals surface area contributed by atoms with Crippen LogP contribution in [0.4, 0.5) is 4.79 Å². The van der Waals surface area contributed by atoms with Gasteiger partial charge >= 0.3 is 12.0 Å². The summed E-state index contributed by atoms with van der Waals surface area (Å²) >= 11 is 0. The fourth-order valence-electron chi connectivity index (χ4n) is 1.80. The lowest BCUT2D eigenvalue weighted by Crippen LogP contribution is -2.44. The van der Waals surface area contributed by atoms with Gasteiger partial charge in [-0.3, -0.25) is 15.1 Å². The molecule has 1 aromatic heterocycles. The highest BCUT2D eigenvalue weighted by molar-refractivity contribution is 5.98. The van der Waals surface area contributed by atoms with E-state index in [0.717, 1.165) is 5.56 Å². The molecule has 0 bridgehead atoms. The van der Waals surface area contributed by atoms with Gasteiger partial charge in [-0.25, -0.2) is 9.59 Å². The van der Waals surface area contributed by atoms with Crippen LogP contribution in [-0.4, -0.2) is 29.0 Å². The number of esters is 1. The van der Waals surface area contributed by atoms with Crippen LogP contribution in [0.2, 0.25) is 0 Å². The number of pyridine rings is 1. The van der Waals surface area contributed by atoms with E-state index in [1.165, 1.54) is 25.4 Å². The van der Waals surface area contributed by atoms with E-state index in [0.29, 0.717) is 0 Å². The third-order valence-corrected chi connectivity index (χ3v) is 3.08. The monoisotopic (exact) mass is 327 g/mol. The Morgan fingerprint density at radius 3 is 2.54 bits per heavy atom. The molecule has 0 saturated carbocycles. The topological polar surface area (TPSA) is 97.4 Å². The van der Waals surface area contributed by atoms with E-state index in [2.05, 4.69) is 15.6 Å². The number of hydrogen-bond donors (Lipinski definition) is 2. The molecule has 0 radical (unpaired) electrons. The molecule has 0 aliphatic rings. The Morgan fingerprint density at radius 2 is 1.88 bits per heavy atom. The molecule has 3 amide bonds. The number of amides is 3. The van der Waals surface area contributed by atoms with Crippen LogP contribution in [-0.2, 0) is 16.1 Å². The molecule has 1 unspecified atom stereocenters. The molecule has 0 saturated heterocycles. The molecule has 7 nitrogen and oxygen atoms in total. The molecule has 1 aromatic carbocycles. The van der Waals surface area contributed by atoms with Crippen molar-refractivity contribution in [3.8, 4) is 0 Å². The van der Waals surface area contributed by atoms with Crippen molar-refractivity contribution in [2.24, 2.45) is 0 Å². The van der Waals surface area contributed by atoms with Crippen molar-refractivity contribution >= 4 is 17.9 Å². The fraction of sp³-hybridized carbons (Fsp3) is 0.176. The van der Waals surface area contributed by atoms with E-state index in [4.69, 9.17) is 4.74 Å². The molecule has 2 rings (SSSR count). The molecule has 0 spiro atoms. The molecule has 1 atom stereocenters. The minimum atomic E-state index is -1.11. The fourth-order valence-corrected chi connectivity index (χ4v) is 1.80. The Balaban J connectivity index is 1.78. The highest BCUT2D eigenvalue weighted by atomic mass is 16.5. The molecule has 0 aliphatic heterocycles. The average molecular weight is 327 g/mol. The van der Waals surface area contributed by atoms with Crippen LogP contribution in [0, 0.1) is 0 Å². The lowest BCUT2D eigenvalue weighted by atomic mass is 10.2. The van der Waals surface area contributed by atoms with E-state index in [1.807, 2.05) is 30.3 Å². The van der Waals surface area contributed by atoms with Gasteiger partial charge in [0, 0.05) is 18.9 Å². The van der Waals surface area contributed by atoms with E-state index in [9.17, 15) is 14.4 Å². The number of benzene rings is 1. The van der Waals surface area contributed by atoms with Crippen molar-refractivity contribution in [3.05, 3.63) is 66.0 Å². The van der Waals surface area contributed by atoms with E-state index in [-0.39, 0.29) is 12.1 Å².